The molecule has 0 aromatic heterocycles. The summed E-state index contributed by atoms with van der Waals surface area (Å²) in [7, 11) is 0. The summed E-state index contributed by atoms with van der Waals surface area (Å²) in [5.74, 6) is 0.0370. The Bertz CT molecular complexity index is 1010. The molecule has 6 heteroatoms. The molecule has 0 saturated heterocycles. The zero-order valence-electron chi connectivity index (χ0n) is 45.9. The Morgan fingerprint density at radius 1 is 0.299 bits per heavy atom. The quantitative estimate of drug-likeness (QED) is 0.0343. The molecule has 0 aromatic carbocycles. The molecular formula is C61H118O6. The number of carbonyl (C=O) groups is 3. The highest BCUT2D eigenvalue weighted by atomic mass is 16.6. The van der Waals surface area contributed by atoms with Gasteiger partial charge in [-0.15, -0.1) is 0 Å². The van der Waals surface area contributed by atoms with Crippen molar-refractivity contribution in [2.75, 3.05) is 13.2 Å². The van der Waals surface area contributed by atoms with Crippen LogP contribution in [0.4, 0.5) is 0 Å². The van der Waals surface area contributed by atoms with E-state index in [4.69, 9.17) is 14.2 Å². The molecule has 67 heavy (non-hydrogen) atoms. The molecule has 6 nitrogen and oxygen atoms in total. The fourth-order valence-electron chi connectivity index (χ4n) is 9.42. The highest BCUT2D eigenvalue weighted by molar-refractivity contribution is 5.71. The van der Waals surface area contributed by atoms with Gasteiger partial charge in [0.1, 0.15) is 13.2 Å². The number of rotatable bonds is 56. The molecule has 0 bridgehead atoms. The molecule has 1 unspecified atom stereocenters. The molecule has 0 aromatic rings. The van der Waals surface area contributed by atoms with E-state index in [1.807, 2.05) is 0 Å². The third kappa shape index (κ3) is 53.6. The van der Waals surface area contributed by atoms with Crippen LogP contribution in [0, 0.1) is 5.92 Å². The Kier molecular flexibility index (Phi) is 54.0. The van der Waals surface area contributed by atoms with Gasteiger partial charge in [-0.1, -0.05) is 310 Å². The van der Waals surface area contributed by atoms with Crippen LogP contribution in [0.1, 0.15) is 349 Å². The first kappa shape index (κ1) is 65.4. The number of unbranched alkanes of at least 4 members (excludes halogenated alkanes) is 42. The molecule has 398 valence electrons. The average molecular weight is 948 g/mol. The van der Waals surface area contributed by atoms with E-state index in [0.717, 1.165) is 63.7 Å². The minimum atomic E-state index is -0.762. The van der Waals surface area contributed by atoms with Crippen molar-refractivity contribution in [3.63, 3.8) is 0 Å². The van der Waals surface area contributed by atoms with Crippen LogP contribution < -0.4 is 0 Å². The largest absolute Gasteiger partial charge is 0.462 e. The summed E-state index contributed by atoms with van der Waals surface area (Å²) in [4.78, 5) is 38.2. The molecule has 2 atom stereocenters. The van der Waals surface area contributed by atoms with Crippen LogP contribution in [0.2, 0.25) is 0 Å². The highest BCUT2D eigenvalue weighted by Crippen LogP contribution is 2.19. The third-order valence-corrected chi connectivity index (χ3v) is 14.4. The molecule has 0 aliphatic heterocycles. The Labute approximate surface area is 418 Å². The first-order chi connectivity index (χ1) is 32.9. The van der Waals surface area contributed by atoms with E-state index < -0.39 is 6.10 Å². The van der Waals surface area contributed by atoms with E-state index in [1.165, 1.54) is 244 Å². The van der Waals surface area contributed by atoms with Crippen LogP contribution in [0.3, 0.4) is 0 Å². The molecule has 0 spiro atoms. The van der Waals surface area contributed by atoms with Gasteiger partial charge in [-0.2, -0.15) is 0 Å². The van der Waals surface area contributed by atoms with Crippen molar-refractivity contribution in [3.05, 3.63) is 0 Å². The summed E-state index contributed by atoms with van der Waals surface area (Å²) in [5.41, 5.74) is 0. The van der Waals surface area contributed by atoms with Gasteiger partial charge in [0, 0.05) is 19.3 Å². The molecule has 0 aliphatic carbocycles. The lowest BCUT2D eigenvalue weighted by Gasteiger charge is -2.18. The predicted octanol–water partition coefficient (Wildman–Crippen LogP) is 20.2. The molecule has 0 aliphatic rings. The minimum Gasteiger partial charge on any atom is -0.462 e. The number of hydrogen-bond acceptors (Lipinski definition) is 6. The summed E-state index contributed by atoms with van der Waals surface area (Å²) in [6.07, 6.45) is 60.9. The zero-order valence-corrected chi connectivity index (χ0v) is 45.9. The van der Waals surface area contributed by atoms with Gasteiger partial charge in [0.2, 0.25) is 0 Å². The molecule has 0 N–H and O–H groups in total. The molecule has 0 heterocycles. The summed E-state index contributed by atoms with van der Waals surface area (Å²) < 4.78 is 16.9. The van der Waals surface area contributed by atoms with Crippen molar-refractivity contribution in [2.24, 2.45) is 5.92 Å². The van der Waals surface area contributed by atoms with E-state index >= 15 is 0 Å². The second-order valence-corrected chi connectivity index (χ2v) is 21.2. The van der Waals surface area contributed by atoms with E-state index in [-0.39, 0.29) is 31.1 Å². The number of hydrogen-bond donors (Lipinski definition) is 0. The van der Waals surface area contributed by atoms with Gasteiger partial charge in [-0.25, -0.2) is 0 Å². The van der Waals surface area contributed by atoms with Gasteiger partial charge in [0.25, 0.3) is 0 Å². The fourth-order valence-corrected chi connectivity index (χ4v) is 9.42. The molecular weight excluding hydrogens is 829 g/mol. The van der Waals surface area contributed by atoms with Gasteiger partial charge >= 0.3 is 17.9 Å². The van der Waals surface area contributed by atoms with Crippen molar-refractivity contribution in [2.45, 2.75) is 355 Å². The Morgan fingerprint density at radius 3 is 0.776 bits per heavy atom. The maximum Gasteiger partial charge on any atom is 0.306 e. The third-order valence-electron chi connectivity index (χ3n) is 14.4. The van der Waals surface area contributed by atoms with E-state index in [0.29, 0.717) is 19.3 Å². The van der Waals surface area contributed by atoms with Gasteiger partial charge in [-0.3, -0.25) is 14.4 Å². The molecule has 0 saturated carbocycles. The lowest BCUT2D eigenvalue weighted by atomic mass is 9.99. The summed E-state index contributed by atoms with van der Waals surface area (Å²) in [5, 5.41) is 0. The van der Waals surface area contributed by atoms with Crippen molar-refractivity contribution < 1.29 is 28.6 Å². The van der Waals surface area contributed by atoms with Crippen molar-refractivity contribution in [1.82, 2.24) is 0 Å². The predicted molar refractivity (Wildman–Crippen MR) is 289 cm³/mol. The van der Waals surface area contributed by atoms with Crippen molar-refractivity contribution in [1.29, 1.82) is 0 Å². The summed E-state index contributed by atoms with van der Waals surface area (Å²) in [6, 6.07) is 0. The Morgan fingerprint density at radius 2 is 0.522 bits per heavy atom. The monoisotopic (exact) mass is 947 g/mol. The number of ether oxygens (including phenoxy) is 3. The van der Waals surface area contributed by atoms with E-state index in [2.05, 4.69) is 27.7 Å². The SMILES string of the molecule is CCCCCCCCCCCCCCCCCCCCCC(=O)OC[C@H](COC(=O)CCCCCCCCCCCCC(C)CC)OC(=O)CCCCCCCCCCCCCCCCCC. The lowest BCUT2D eigenvalue weighted by Crippen LogP contribution is -2.30. The maximum atomic E-state index is 12.9. The molecule has 0 amide bonds. The van der Waals surface area contributed by atoms with Crippen LogP contribution in [0.25, 0.3) is 0 Å². The Balaban J connectivity index is 4.28. The first-order valence-electron chi connectivity index (χ1n) is 30.4. The second-order valence-electron chi connectivity index (χ2n) is 21.2. The molecule has 0 radical (unpaired) electrons. The van der Waals surface area contributed by atoms with Gasteiger partial charge in [0.05, 0.1) is 0 Å². The summed E-state index contributed by atoms with van der Waals surface area (Å²) in [6.45, 7) is 9.09. The maximum absolute atomic E-state index is 12.9. The highest BCUT2D eigenvalue weighted by Gasteiger charge is 2.19. The Hall–Kier alpha value is -1.59. The zero-order chi connectivity index (χ0) is 48.8. The van der Waals surface area contributed by atoms with Gasteiger partial charge in [0.15, 0.2) is 6.10 Å². The lowest BCUT2D eigenvalue weighted by molar-refractivity contribution is -0.167. The van der Waals surface area contributed by atoms with Crippen LogP contribution in [-0.2, 0) is 28.6 Å². The van der Waals surface area contributed by atoms with Gasteiger partial charge in [-0.05, 0) is 25.2 Å². The van der Waals surface area contributed by atoms with Gasteiger partial charge < -0.3 is 14.2 Å². The van der Waals surface area contributed by atoms with Crippen LogP contribution in [-0.4, -0.2) is 37.2 Å². The first-order valence-corrected chi connectivity index (χ1v) is 30.4. The van der Waals surface area contributed by atoms with Crippen molar-refractivity contribution in [3.8, 4) is 0 Å². The number of carbonyl (C=O) groups excluding carboxylic acids is 3. The van der Waals surface area contributed by atoms with E-state index in [9.17, 15) is 14.4 Å². The minimum absolute atomic E-state index is 0.0617. The fraction of sp³-hybridized carbons (Fsp3) is 0.951. The molecule has 0 fully saturated rings. The number of esters is 3. The normalized spacial score (nSPS) is 12.4. The molecule has 0 rings (SSSR count). The van der Waals surface area contributed by atoms with Crippen LogP contribution >= 0.6 is 0 Å². The topological polar surface area (TPSA) is 78.9 Å². The van der Waals surface area contributed by atoms with Crippen molar-refractivity contribution >= 4 is 17.9 Å². The van der Waals surface area contributed by atoms with Crippen LogP contribution in [0.15, 0.2) is 0 Å². The average Bonchev–Trinajstić information content (AvgIpc) is 3.33. The van der Waals surface area contributed by atoms with Crippen LogP contribution in [0.5, 0.6) is 0 Å². The van der Waals surface area contributed by atoms with E-state index in [1.54, 1.807) is 0 Å². The second kappa shape index (κ2) is 55.3. The summed E-state index contributed by atoms with van der Waals surface area (Å²) >= 11 is 0. The standard InChI is InChI=1S/C61H118O6/c1-5-8-10-12-14-16-18-20-22-24-25-26-28-29-31-36-40-44-48-52-59(62)65-55-58(56-66-60(63)53-49-45-41-37-34-33-35-39-43-47-51-57(4)7-3)67-61(64)54-50-46-42-38-32-30-27-23-21-19-17-15-13-11-9-6-2/h57-58H,5-56H2,1-4H3/t57?,58-/m1/s1. The smallest absolute Gasteiger partial charge is 0.306 e.